The molecular formula is C9H17N3O. The molecule has 0 aromatic heterocycles. The van der Waals surface area contributed by atoms with Crippen LogP contribution in [0.1, 0.15) is 19.3 Å². The van der Waals surface area contributed by atoms with Gasteiger partial charge in [0.05, 0.1) is 0 Å². The van der Waals surface area contributed by atoms with Crippen molar-refractivity contribution in [1.82, 2.24) is 4.90 Å². The van der Waals surface area contributed by atoms with Crippen molar-refractivity contribution in [3.8, 4) is 0 Å². The largest absolute Gasteiger partial charge is 0.381 e. The smallest absolute Gasteiger partial charge is 0.188 e. The molecule has 0 aromatic carbocycles. The fraction of sp³-hybridized carbons (Fsp3) is 0.889. The Morgan fingerprint density at radius 3 is 2.54 bits per heavy atom. The lowest BCUT2D eigenvalue weighted by atomic mass is 9.80. The summed E-state index contributed by atoms with van der Waals surface area (Å²) in [5.41, 5.74) is 5.87. The predicted molar refractivity (Wildman–Crippen MR) is 50.6 cm³/mol. The van der Waals surface area contributed by atoms with Crippen LogP contribution in [-0.4, -0.2) is 37.2 Å². The summed E-state index contributed by atoms with van der Waals surface area (Å²) in [4.78, 5) is 1.98. The molecule has 0 saturated carbocycles. The Morgan fingerprint density at radius 1 is 1.31 bits per heavy atom. The third kappa shape index (κ3) is 1.63. The molecular weight excluding hydrogens is 166 g/mol. The molecule has 1 spiro atoms. The van der Waals surface area contributed by atoms with E-state index < -0.39 is 0 Å². The lowest BCUT2D eigenvalue weighted by Crippen LogP contribution is -2.38. The Labute approximate surface area is 78.5 Å². The van der Waals surface area contributed by atoms with Crippen LogP contribution < -0.4 is 5.73 Å². The highest BCUT2D eigenvalue weighted by Gasteiger charge is 2.39. The third-order valence-corrected chi connectivity index (χ3v) is 3.33. The number of ether oxygens (including phenoxy) is 1. The zero-order valence-electron chi connectivity index (χ0n) is 7.88. The summed E-state index contributed by atoms with van der Waals surface area (Å²) < 4.78 is 5.35. The van der Waals surface area contributed by atoms with Crippen molar-refractivity contribution < 1.29 is 4.74 Å². The summed E-state index contributed by atoms with van der Waals surface area (Å²) in [6.45, 7) is 3.68. The molecule has 0 unspecified atom stereocenters. The summed E-state index contributed by atoms with van der Waals surface area (Å²) in [5, 5.41) is 7.37. The van der Waals surface area contributed by atoms with Crippen molar-refractivity contribution in [2.45, 2.75) is 19.3 Å². The van der Waals surface area contributed by atoms with Crippen molar-refractivity contribution >= 4 is 5.96 Å². The summed E-state index contributed by atoms with van der Waals surface area (Å²) >= 11 is 0. The lowest BCUT2D eigenvalue weighted by Gasteiger charge is -2.33. The first-order valence-electron chi connectivity index (χ1n) is 4.89. The molecule has 0 aromatic rings. The van der Waals surface area contributed by atoms with Crippen LogP contribution in [0.4, 0.5) is 0 Å². The van der Waals surface area contributed by atoms with E-state index in [4.69, 9.17) is 15.9 Å². The molecule has 2 heterocycles. The van der Waals surface area contributed by atoms with Gasteiger partial charge in [0.1, 0.15) is 0 Å². The van der Waals surface area contributed by atoms with Gasteiger partial charge in [0.2, 0.25) is 0 Å². The minimum absolute atomic E-state index is 0.225. The molecule has 2 aliphatic rings. The van der Waals surface area contributed by atoms with E-state index in [1.54, 1.807) is 0 Å². The highest BCUT2D eigenvalue weighted by molar-refractivity contribution is 5.74. The zero-order valence-corrected chi connectivity index (χ0v) is 7.88. The second-order valence-electron chi connectivity index (χ2n) is 4.17. The van der Waals surface area contributed by atoms with E-state index in [0.29, 0.717) is 5.41 Å². The van der Waals surface area contributed by atoms with Crippen LogP contribution in [0.25, 0.3) is 0 Å². The molecule has 0 amide bonds. The summed E-state index contributed by atoms with van der Waals surface area (Å²) in [6.07, 6.45) is 3.45. The van der Waals surface area contributed by atoms with E-state index in [-0.39, 0.29) is 5.96 Å². The number of hydrogen-bond acceptors (Lipinski definition) is 2. The molecule has 2 aliphatic heterocycles. The molecule has 2 rings (SSSR count). The highest BCUT2D eigenvalue weighted by atomic mass is 16.5. The number of nitrogens with zero attached hydrogens (tertiary/aromatic N) is 1. The monoisotopic (exact) mass is 183 g/mol. The van der Waals surface area contributed by atoms with E-state index in [2.05, 4.69) is 0 Å². The van der Waals surface area contributed by atoms with Gasteiger partial charge in [0, 0.05) is 26.3 Å². The lowest BCUT2D eigenvalue weighted by molar-refractivity contribution is 0.0218. The second-order valence-corrected chi connectivity index (χ2v) is 4.17. The molecule has 74 valence electrons. The molecule has 2 fully saturated rings. The first kappa shape index (κ1) is 8.81. The average Bonchev–Trinajstić information content (AvgIpc) is 2.51. The van der Waals surface area contributed by atoms with Crippen LogP contribution in [0.15, 0.2) is 0 Å². The molecule has 0 radical (unpaired) electrons. The fourth-order valence-corrected chi connectivity index (χ4v) is 2.35. The van der Waals surface area contributed by atoms with Crippen molar-refractivity contribution in [1.29, 1.82) is 5.41 Å². The minimum Gasteiger partial charge on any atom is -0.381 e. The van der Waals surface area contributed by atoms with Gasteiger partial charge in [-0.05, 0) is 24.7 Å². The second kappa shape index (κ2) is 3.18. The molecule has 13 heavy (non-hydrogen) atoms. The zero-order chi connectivity index (χ0) is 9.31. The normalized spacial score (nSPS) is 26.6. The Bertz CT molecular complexity index is 211. The summed E-state index contributed by atoms with van der Waals surface area (Å²) in [5.74, 6) is 0.225. The fourth-order valence-electron chi connectivity index (χ4n) is 2.35. The molecule has 3 N–H and O–H groups in total. The van der Waals surface area contributed by atoms with Gasteiger partial charge in [-0.3, -0.25) is 5.41 Å². The van der Waals surface area contributed by atoms with Crippen molar-refractivity contribution in [2.24, 2.45) is 11.1 Å². The van der Waals surface area contributed by atoms with Crippen LogP contribution in [0.3, 0.4) is 0 Å². The van der Waals surface area contributed by atoms with Crippen molar-refractivity contribution in [2.75, 3.05) is 26.3 Å². The van der Waals surface area contributed by atoms with Crippen LogP contribution in [-0.2, 0) is 4.74 Å². The molecule has 0 atom stereocenters. The number of hydrogen-bond donors (Lipinski definition) is 2. The van der Waals surface area contributed by atoms with Gasteiger partial charge in [-0.25, -0.2) is 0 Å². The van der Waals surface area contributed by atoms with E-state index in [1.807, 2.05) is 4.90 Å². The maximum atomic E-state index is 7.37. The van der Waals surface area contributed by atoms with Gasteiger partial charge in [-0.1, -0.05) is 0 Å². The van der Waals surface area contributed by atoms with E-state index >= 15 is 0 Å². The van der Waals surface area contributed by atoms with Gasteiger partial charge in [0.25, 0.3) is 0 Å². The topological polar surface area (TPSA) is 62.3 Å². The number of rotatable bonds is 0. The number of nitrogens with one attached hydrogen (secondary N) is 1. The maximum absolute atomic E-state index is 7.37. The number of likely N-dealkylation sites (tertiary alicyclic amines) is 1. The van der Waals surface area contributed by atoms with Gasteiger partial charge in [-0.15, -0.1) is 0 Å². The summed E-state index contributed by atoms with van der Waals surface area (Å²) in [6, 6.07) is 0. The average molecular weight is 183 g/mol. The third-order valence-electron chi connectivity index (χ3n) is 3.33. The quantitative estimate of drug-likeness (QED) is 0.421. The molecule has 0 aliphatic carbocycles. The molecule has 0 bridgehead atoms. The van der Waals surface area contributed by atoms with Crippen LogP contribution in [0.2, 0.25) is 0 Å². The van der Waals surface area contributed by atoms with Crippen molar-refractivity contribution in [3.05, 3.63) is 0 Å². The predicted octanol–water partition coefficient (Wildman–Crippen LogP) is 0.382. The Kier molecular flexibility index (Phi) is 2.15. The van der Waals surface area contributed by atoms with Crippen LogP contribution in [0, 0.1) is 10.8 Å². The Balaban J connectivity index is 1.98. The minimum atomic E-state index is 0.225. The van der Waals surface area contributed by atoms with E-state index in [1.165, 1.54) is 6.42 Å². The van der Waals surface area contributed by atoms with Crippen molar-refractivity contribution in [3.63, 3.8) is 0 Å². The van der Waals surface area contributed by atoms with Gasteiger partial charge >= 0.3 is 0 Å². The van der Waals surface area contributed by atoms with E-state index in [9.17, 15) is 0 Å². The highest BCUT2D eigenvalue weighted by Crippen LogP contribution is 2.39. The Hall–Kier alpha value is -0.770. The first-order chi connectivity index (χ1) is 6.22. The van der Waals surface area contributed by atoms with Crippen LogP contribution in [0.5, 0.6) is 0 Å². The van der Waals surface area contributed by atoms with Crippen LogP contribution >= 0.6 is 0 Å². The number of nitrogens with two attached hydrogens (primary N) is 1. The molecule has 4 heteroatoms. The number of guanidine groups is 1. The standard InChI is InChI=1S/C9H17N3O/c10-8(11)12-4-1-9(7-12)2-5-13-6-3-9/h1-7H2,(H3,10,11). The Morgan fingerprint density at radius 2 is 2.00 bits per heavy atom. The SMILES string of the molecule is N=C(N)N1CCC2(CCOCC2)C1. The first-order valence-corrected chi connectivity index (χ1v) is 4.89. The molecule has 2 saturated heterocycles. The maximum Gasteiger partial charge on any atom is 0.188 e. The molecule has 4 nitrogen and oxygen atoms in total. The van der Waals surface area contributed by atoms with E-state index in [0.717, 1.165) is 39.1 Å². The summed E-state index contributed by atoms with van der Waals surface area (Å²) in [7, 11) is 0. The van der Waals surface area contributed by atoms with Gasteiger partial charge < -0.3 is 15.4 Å². The van der Waals surface area contributed by atoms with Gasteiger partial charge in [0.15, 0.2) is 5.96 Å². The van der Waals surface area contributed by atoms with Gasteiger partial charge in [-0.2, -0.15) is 0 Å².